The van der Waals surface area contributed by atoms with E-state index in [1.165, 1.54) is 7.11 Å². The van der Waals surface area contributed by atoms with Crippen LogP contribution in [0.3, 0.4) is 0 Å². The number of hydrogen-bond acceptors (Lipinski definition) is 4. The molecule has 29 heavy (non-hydrogen) atoms. The monoisotopic (exact) mass is 386 g/mol. The van der Waals surface area contributed by atoms with Crippen LogP contribution in [-0.4, -0.2) is 19.0 Å². The van der Waals surface area contributed by atoms with Gasteiger partial charge in [0, 0.05) is 11.4 Å². The molecule has 5 nitrogen and oxygen atoms in total. The highest BCUT2D eigenvalue weighted by atomic mass is 16.5. The summed E-state index contributed by atoms with van der Waals surface area (Å²) >= 11 is 0. The summed E-state index contributed by atoms with van der Waals surface area (Å²) in [5, 5.41) is 3.48. The number of amides is 1. The number of ether oxygens (including phenoxy) is 1. The van der Waals surface area contributed by atoms with Gasteiger partial charge in [-0.2, -0.15) is 0 Å². The normalized spacial score (nSPS) is 15.5. The summed E-state index contributed by atoms with van der Waals surface area (Å²) in [5.41, 5.74) is 5.78. The first-order chi connectivity index (χ1) is 14.0. The molecule has 0 saturated heterocycles. The fraction of sp³-hybridized carbons (Fsp3) is 0.167. The van der Waals surface area contributed by atoms with Gasteiger partial charge in [-0.3, -0.25) is 9.69 Å². The van der Waals surface area contributed by atoms with Crippen LogP contribution >= 0.6 is 0 Å². The lowest BCUT2D eigenvalue weighted by molar-refractivity contribution is 0.0600. The molecule has 1 unspecified atom stereocenters. The van der Waals surface area contributed by atoms with E-state index in [0.717, 1.165) is 28.1 Å². The van der Waals surface area contributed by atoms with Gasteiger partial charge >= 0.3 is 5.97 Å². The molecule has 5 heteroatoms. The van der Waals surface area contributed by atoms with Crippen LogP contribution < -0.4 is 10.2 Å². The van der Waals surface area contributed by atoms with Crippen molar-refractivity contribution < 1.29 is 14.3 Å². The molecule has 4 rings (SSSR count). The number of nitrogens with zero attached hydrogens (tertiary/aromatic N) is 1. The van der Waals surface area contributed by atoms with Gasteiger partial charge in [0.15, 0.2) is 0 Å². The number of esters is 1. The van der Waals surface area contributed by atoms with Crippen molar-refractivity contribution in [1.29, 1.82) is 0 Å². The van der Waals surface area contributed by atoms with E-state index in [9.17, 15) is 9.59 Å². The maximum Gasteiger partial charge on any atom is 0.337 e. The molecule has 1 aliphatic heterocycles. The van der Waals surface area contributed by atoms with Gasteiger partial charge in [0.05, 0.1) is 18.2 Å². The van der Waals surface area contributed by atoms with Crippen molar-refractivity contribution in [2.45, 2.75) is 20.0 Å². The van der Waals surface area contributed by atoms with E-state index in [0.29, 0.717) is 11.1 Å². The summed E-state index contributed by atoms with van der Waals surface area (Å²) in [4.78, 5) is 27.0. The molecule has 3 aromatic carbocycles. The molecule has 0 fully saturated rings. The number of rotatable bonds is 3. The van der Waals surface area contributed by atoms with Gasteiger partial charge in [0.1, 0.15) is 6.17 Å². The van der Waals surface area contributed by atoms with Crippen LogP contribution in [0.1, 0.15) is 43.6 Å². The van der Waals surface area contributed by atoms with Crippen molar-refractivity contribution in [2.24, 2.45) is 0 Å². The summed E-state index contributed by atoms with van der Waals surface area (Å²) in [6.45, 7) is 4.04. The van der Waals surface area contributed by atoms with Crippen molar-refractivity contribution in [3.05, 3.63) is 94.5 Å². The number of aryl methyl sites for hydroxylation is 2. The number of nitrogens with one attached hydrogen (secondary N) is 1. The van der Waals surface area contributed by atoms with Gasteiger partial charge in [0.25, 0.3) is 5.91 Å². The molecule has 0 aliphatic carbocycles. The molecule has 146 valence electrons. The second-order valence-corrected chi connectivity index (χ2v) is 7.23. The third kappa shape index (κ3) is 3.47. The third-order valence-corrected chi connectivity index (χ3v) is 5.06. The molecule has 0 spiro atoms. The van der Waals surface area contributed by atoms with Crippen molar-refractivity contribution in [1.82, 2.24) is 0 Å². The average molecular weight is 386 g/mol. The van der Waals surface area contributed by atoms with Crippen LogP contribution in [0, 0.1) is 13.8 Å². The average Bonchev–Trinajstić information content (AvgIpc) is 2.72. The van der Waals surface area contributed by atoms with Crippen molar-refractivity contribution >= 4 is 23.3 Å². The van der Waals surface area contributed by atoms with Crippen molar-refractivity contribution in [3.63, 3.8) is 0 Å². The molecule has 1 atom stereocenters. The second kappa shape index (κ2) is 7.43. The van der Waals surface area contributed by atoms with Crippen molar-refractivity contribution in [2.75, 3.05) is 17.3 Å². The topological polar surface area (TPSA) is 58.6 Å². The molecule has 0 aromatic heterocycles. The number of fused-ring (bicyclic) bond motifs is 1. The van der Waals surface area contributed by atoms with Crippen LogP contribution in [0.25, 0.3) is 0 Å². The summed E-state index contributed by atoms with van der Waals surface area (Å²) in [6, 6.07) is 20.7. The standard InChI is InChI=1S/C24H22N2O3/c1-15-12-16(2)14-19(13-15)26-22(17-8-10-18(11-9-17)24(28)29-3)25-21-7-5-4-6-20(21)23(26)27/h4-14,22,25H,1-3H3. The molecular formula is C24H22N2O3. The molecular weight excluding hydrogens is 364 g/mol. The Balaban J connectivity index is 1.82. The number of benzene rings is 3. The van der Waals surface area contributed by atoms with Gasteiger partial charge in [-0.15, -0.1) is 0 Å². The molecule has 3 aromatic rings. The van der Waals surface area contributed by atoms with Crippen molar-refractivity contribution in [3.8, 4) is 0 Å². The maximum atomic E-state index is 13.5. The molecule has 1 amide bonds. The largest absolute Gasteiger partial charge is 0.465 e. The predicted molar refractivity (Wildman–Crippen MR) is 113 cm³/mol. The van der Waals surface area contributed by atoms with E-state index < -0.39 is 6.17 Å². The minimum Gasteiger partial charge on any atom is -0.465 e. The second-order valence-electron chi connectivity index (χ2n) is 7.23. The summed E-state index contributed by atoms with van der Waals surface area (Å²) in [5.74, 6) is -0.452. The highest BCUT2D eigenvalue weighted by Gasteiger charge is 2.34. The fourth-order valence-electron chi connectivity index (χ4n) is 3.76. The Kier molecular flexibility index (Phi) is 4.80. The predicted octanol–water partition coefficient (Wildman–Crippen LogP) is 4.86. The summed E-state index contributed by atoms with van der Waals surface area (Å²) in [6.07, 6.45) is -0.398. The van der Waals surface area contributed by atoms with Crippen LogP contribution in [0.4, 0.5) is 11.4 Å². The zero-order chi connectivity index (χ0) is 20.5. The minimum atomic E-state index is -0.398. The quantitative estimate of drug-likeness (QED) is 0.653. The smallest absolute Gasteiger partial charge is 0.337 e. The molecule has 0 saturated carbocycles. The lowest BCUT2D eigenvalue weighted by Gasteiger charge is -2.38. The number of para-hydroxylation sites is 1. The van der Waals surface area contributed by atoms with Crippen LogP contribution in [-0.2, 0) is 4.74 Å². The van der Waals surface area contributed by atoms with E-state index in [1.54, 1.807) is 17.0 Å². The maximum absolute atomic E-state index is 13.5. The van der Waals surface area contributed by atoms with Crippen LogP contribution in [0.15, 0.2) is 66.7 Å². The Bertz CT molecular complexity index is 1070. The van der Waals surface area contributed by atoms with Gasteiger partial charge in [-0.25, -0.2) is 4.79 Å². The van der Waals surface area contributed by atoms with Crippen LogP contribution in [0.2, 0.25) is 0 Å². The van der Waals surface area contributed by atoms with E-state index >= 15 is 0 Å². The van der Waals surface area contributed by atoms with E-state index in [2.05, 4.69) is 11.4 Å². The Hall–Kier alpha value is -3.60. The fourth-order valence-corrected chi connectivity index (χ4v) is 3.76. The summed E-state index contributed by atoms with van der Waals surface area (Å²) < 4.78 is 4.78. The zero-order valence-corrected chi connectivity index (χ0v) is 16.6. The van der Waals surface area contributed by atoms with Gasteiger partial charge in [0.2, 0.25) is 0 Å². The highest BCUT2D eigenvalue weighted by Crippen LogP contribution is 2.37. The number of methoxy groups -OCH3 is 1. The van der Waals surface area contributed by atoms with E-state index in [-0.39, 0.29) is 11.9 Å². The lowest BCUT2D eigenvalue weighted by Crippen LogP contribution is -2.43. The third-order valence-electron chi connectivity index (χ3n) is 5.06. The zero-order valence-electron chi connectivity index (χ0n) is 16.6. The first-order valence-electron chi connectivity index (χ1n) is 9.43. The lowest BCUT2D eigenvalue weighted by atomic mass is 10.0. The van der Waals surface area contributed by atoms with Gasteiger partial charge < -0.3 is 10.1 Å². The Labute approximate surface area is 169 Å². The van der Waals surface area contributed by atoms with Crippen LogP contribution in [0.5, 0.6) is 0 Å². The Morgan fingerprint density at radius 3 is 2.28 bits per heavy atom. The number of anilines is 2. The van der Waals surface area contributed by atoms with E-state index in [1.807, 2.05) is 62.4 Å². The van der Waals surface area contributed by atoms with Gasteiger partial charge in [-0.1, -0.05) is 30.3 Å². The first kappa shape index (κ1) is 18.7. The number of carbonyl (C=O) groups excluding carboxylic acids is 2. The summed E-state index contributed by atoms with van der Waals surface area (Å²) in [7, 11) is 1.36. The Morgan fingerprint density at radius 2 is 1.62 bits per heavy atom. The molecule has 1 aliphatic rings. The number of carbonyl (C=O) groups is 2. The molecule has 0 bridgehead atoms. The molecule has 1 heterocycles. The minimum absolute atomic E-state index is 0.0635. The molecule has 0 radical (unpaired) electrons. The SMILES string of the molecule is COC(=O)c1ccc(C2Nc3ccccc3C(=O)N2c2cc(C)cc(C)c2)cc1. The molecule has 1 N–H and O–H groups in total. The number of hydrogen-bond donors (Lipinski definition) is 1. The first-order valence-corrected chi connectivity index (χ1v) is 9.43. The van der Waals surface area contributed by atoms with E-state index in [4.69, 9.17) is 4.74 Å². The van der Waals surface area contributed by atoms with Gasteiger partial charge in [-0.05, 0) is 66.9 Å². The highest BCUT2D eigenvalue weighted by molar-refractivity contribution is 6.12. The Morgan fingerprint density at radius 1 is 0.966 bits per heavy atom.